The molecule has 0 bridgehead atoms. The Balaban J connectivity index is 1.52. The first kappa shape index (κ1) is 12.6. The fourth-order valence-electron chi connectivity index (χ4n) is 2.00. The van der Waals surface area contributed by atoms with Gasteiger partial charge in [-0.15, -0.1) is 0 Å². The molecule has 0 aliphatic carbocycles. The molecule has 0 aliphatic heterocycles. The van der Waals surface area contributed by atoms with Crippen molar-refractivity contribution in [2.45, 2.75) is 19.6 Å². The molecular weight excluding hydrogens is 252 g/mol. The maximum Gasteiger partial charge on any atom is 0.138 e. The molecule has 6 nitrogen and oxygen atoms in total. The van der Waals surface area contributed by atoms with Crippen LogP contribution in [0.1, 0.15) is 17.0 Å². The van der Waals surface area contributed by atoms with Crippen molar-refractivity contribution in [2.24, 2.45) is 0 Å². The van der Waals surface area contributed by atoms with E-state index in [9.17, 15) is 0 Å². The topological polar surface area (TPSA) is 71.4 Å². The Bertz CT molecular complexity index is 629. The number of benzene rings is 1. The molecule has 6 heteroatoms. The van der Waals surface area contributed by atoms with Crippen molar-refractivity contribution in [1.82, 2.24) is 30.3 Å². The van der Waals surface area contributed by atoms with Gasteiger partial charge in [0.25, 0.3) is 0 Å². The molecule has 0 aliphatic rings. The number of nitrogens with one attached hydrogen (secondary N) is 2. The van der Waals surface area contributed by atoms with Crippen LogP contribution in [0.3, 0.4) is 0 Å². The summed E-state index contributed by atoms with van der Waals surface area (Å²) in [5, 5.41) is 14.3. The molecule has 0 fully saturated rings. The van der Waals surface area contributed by atoms with E-state index in [1.807, 2.05) is 29.1 Å². The standard InChI is InChI=1S/C14H16N6/c1-2-4-12(5-3-1)9-20-10-13(7-18-20)6-15-8-14-16-11-17-19-14/h1-5,7,10-11,15H,6,8-9H2,(H,16,17,19). The molecule has 1 aromatic carbocycles. The number of aromatic nitrogens is 5. The van der Waals surface area contributed by atoms with Crippen LogP contribution in [0.2, 0.25) is 0 Å². The lowest BCUT2D eigenvalue weighted by Crippen LogP contribution is -2.13. The number of H-pyrrole nitrogens is 1. The zero-order valence-electron chi connectivity index (χ0n) is 11.0. The molecular formula is C14H16N6. The van der Waals surface area contributed by atoms with Crippen LogP contribution in [0.5, 0.6) is 0 Å². The van der Waals surface area contributed by atoms with Gasteiger partial charge in [0.05, 0.1) is 19.3 Å². The molecule has 0 atom stereocenters. The lowest BCUT2D eigenvalue weighted by Gasteiger charge is -2.01. The van der Waals surface area contributed by atoms with Crippen molar-refractivity contribution in [2.75, 3.05) is 0 Å². The fourth-order valence-corrected chi connectivity index (χ4v) is 2.00. The lowest BCUT2D eigenvalue weighted by atomic mass is 10.2. The summed E-state index contributed by atoms with van der Waals surface area (Å²) in [4.78, 5) is 4.06. The van der Waals surface area contributed by atoms with Crippen LogP contribution >= 0.6 is 0 Å². The average molecular weight is 268 g/mol. The van der Waals surface area contributed by atoms with Crippen LogP contribution < -0.4 is 5.32 Å². The molecule has 3 aromatic rings. The Kier molecular flexibility index (Phi) is 3.84. The van der Waals surface area contributed by atoms with E-state index in [0.29, 0.717) is 6.54 Å². The van der Waals surface area contributed by atoms with Gasteiger partial charge in [0.15, 0.2) is 0 Å². The van der Waals surface area contributed by atoms with Gasteiger partial charge in [0.1, 0.15) is 12.2 Å². The van der Waals surface area contributed by atoms with E-state index in [0.717, 1.165) is 24.5 Å². The summed E-state index contributed by atoms with van der Waals surface area (Å²) in [6.45, 7) is 2.22. The van der Waals surface area contributed by atoms with E-state index in [1.54, 1.807) is 0 Å². The van der Waals surface area contributed by atoms with Crippen LogP contribution in [0.25, 0.3) is 0 Å². The van der Waals surface area contributed by atoms with Gasteiger partial charge in [0, 0.05) is 18.3 Å². The number of hydrogen-bond donors (Lipinski definition) is 2. The first-order valence-electron chi connectivity index (χ1n) is 6.50. The minimum Gasteiger partial charge on any atom is -0.306 e. The minimum absolute atomic E-state index is 0.671. The molecule has 20 heavy (non-hydrogen) atoms. The van der Waals surface area contributed by atoms with E-state index in [-0.39, 0.29) is 0 Å². The number of rotatable bonds is 6. The summed E-state index contributed by atoms with van der Waals surface area (Å²) in [6.07, 6.45) is 5.45. The normalized spacial score (nSPS) is 10.8. The van der Waals surface area contributed by atoms with E-state index < -0.39 is 0 Å². The van der Waals surface area contributed by atoms with Crippen molar-refractivity contribution in [3.63, 3.8) is 0 Å². The molecule has 0 unspecified atom stereocenters. The maximum atomic E-state index is 4.37. The van der Waals surface area contributed by atoms with E-state index >= 15 is 0 Å². The predicted octanol–water partition coefficient (Wildman–Crippen LogP) is 1.34. The lowest BCUT2D eigenvalue weighted by molar-refractivity contribution is 0.660. The Morgan fingerprint density at radius 3 is 2.80 bits per heavy atom. The Morgan fingerprint density at radius 2 is 2.00 bits per heavy atom. The monoisotopic (exact) mass is 268 g/mol. The molecule has 0 saturated heterocycles. The van der Waals surface area contributed by atoms with Gasteiger partial charge < -0.3 is 5.32 Å². The molecule has 0 spiro atoms. The largest absolute Gasteiger partial charge is 0.306 e. The third kappa shape index (κ3) is 3.30. The first-order valence-corrected chi connectivity index (χ1v) is 6.50. The molecule has 2 heterocycles. The van der Waals surface area contributed by atoms with Gasteiger partial charge in [-0.3, -0.25) is 9.78 Å². The summed E-state index contributed by atoms with van der Waals surface area (Å²) in [5.74, 6) is 0.835. The van der Waals surface area contributed by atoms with Crippen LogP contribution in [-0.2, 0) is 19.6 Å². The highest BCUT2D eigenvalue weighted by atomic mass is 15.3. The molecule has 2 N–H and O–H groups in total. The van der Waals surface area contributed by atoms with Gasteiger partial charge in [-0.2, -0.15) is 10.2 Å². The van der Waals surface area contributed by atoms with Crippen molar-refractivity contribution in [3.05, 3.63) is 66.0 Å². The summed E-state index contributed by atoms with van der Waals surface area (Å²) in [7, 11) is 0. The Hall–Kier alpha value is -2.47. The summed E-state index contributed by atoms with van der Waals surface area (Å²) < 4.78 is 1.95. The van der Waals surface area contributed by atoms with E-state index in [1.165, 1.54) is 11.9 Å². The second kappa shape index (κ2) is 6.12. The molecule has 3 rings (SSSR count). The summed E-state index contributed by atoms with van der Waals surface area (Å²) >= 11 is 0. The number of hydrogen-bond acceptors (Lipinski definition) is 4. The summed E-state index contributed by atoms with van der Waals surface area (Å²) in [6, 6.07) is 10.3. The zero-order chi connectivity index (χ0) is 13.6. The maximum absolute atomic E-state index is 4.37. The quantitative estimate of drug-likeness (QED) is 0.707. The predicted molar refractivity (Wildman–Crippen MR) is 74.7 cm³/mol. The zero-order valence-corrected chi connectivity index (χ0v) is 11.0. The van der Waals surface area contributed by atoms with Crippen molar-refractivity contribution < 1.29 is 0 Å². The van der Waals surface area contributed by atoms with Crippen LogP contribution in [0, 0.1) is 0 Å². The van der Waals surface area contributed by atoms with Gasteiger partial charge in [-0.25, -0.2) is 4.98 Å². The first-order chi connectivity index (χ1) is 9.90. The highest BCUT2D eigenvalue weighted by Crippen LogP contribution is 2.04. The molecule has 0 radical (unpaired) electrons. The van der Waals surface area contributed by atoms with E-state index in [4.69, 9.17) is 0 Å². The third-order valence-electron chi connectivity index (χ3n) is 2.96. The second-order valence-corrected chi connectivity index (χ2v) is 4.57. The van der Waals surface area contributed by atoms with Crippen LogP contribution in [-0.4, -0.2) is 25.0 Å². The Morgan fingerprint density at radius 1 is 1.10 bits per heavy atom. The third-order valence-corrected chi connectivity index (χ3v) is 2.96. The highest BCUT2D eigenvalue weighted by molar-refractivity contribution is 5.15. The number of nitrogens with zero attached hydrogens (tertiary/aromatic N) is 4. The van der Waals surface area contributed by atoms with Gasteiger partial charge >= 0.3 is 0 Å². The minimum atomic E-state index is 0.671. The van der Waals surface area contributed by atoms with Crippen LogP contribution in [0.15, 0.2) is 49.1 Å². The number of aromatic amines is 1. The SMILES string of the molecule is c1ccc(Cn2cc(CNCc3ncn[nH]3)cn2)cc1. The molecule has 0 amide bonds. The summed E-state index contributed by atoms with van der Waals surface area (Å²) in [5.41, 5.74) is 2.40. The van der Waals surface area contributed by atoms with Gasteiger partial charge in [-0.05, 0) is 5.56 Å². The smallest absolute Gasteiger partial charge is 0.138 e. The van der Waals surface area contributed by atoms with Gasteiger partial charge in [-0.1, -0.05) is 30.3 Å². The van der Waals surface area contributed by atoms with Crippen molar-refractivity contribution in [1.29, 1.82) is 0 Å². The van der Waals surface area contributed by atoms with Crippen molar-refractivity contribution >= 4 is 0 Å². The average Bonchev–Trinajstić information content (AvgIpc) is 3.12. The fraction of sp³-hybridized carbons (Fsp3) is 0.214. The molecule has 102 valence electrons. The van der Waals surface area contributed by atoms with E-state index in [2.05, 4.69) is 43.9 Å². The Labute approximate surface area is 116 Å². The molecule has 2 aromatic heterocycles. The van der Waals surface area contributed by atoms with Gasteiger partial charge in [0.2, 0.25) is 0 Å². The second-order valence-electron chi connectivity index (χ2n) is 4.57. The van der Waals surface area contributed by atoms with Crippen molar-refractivity contribution in [3.8, 4) is 0 Å². The molecule has 0 saturated carbocycles. The highest BCUT2D eigenvalue weighted by Gasteiger charge is 2.00. The van der Waals surface area contributed by atoms with Crippen LogP contribution in [0.4, 0.5) is 0 Å².